The van der Waals surface area contributed by atoms with Gasteiger partial charge >= 0.3 is 5.97 Å². The Hall–Kier alpha value is -3.31. The van der Waals surface area contributed by atoms with Crippen LogP contribution in [-0.4, -0.2) is 34.0 Å². The molecule has 1 fully saturated rings. The lowest BCUT2D eigenvalue weighted by atomic mass is 10.0. The van der Waals surface area contributed by atoms with Crippen molar-refractivity contribution in [2.75, 3.05) is 0 Å². The van der Waals surface area contributed by atoms with Gasteiger partial charge in [-0.2, -0.15) is 0 Å². The number of carboxylic acids is 1. The third-order valence-electron chi connectivity index (χ3n) is 5.84. The van der Waals surface area contributed by atoms with Crippen LogP contribution in [0.25, 0.3) is 11.1 Å². The molecule has 0 unspecified atom stereocenters. The van der Waals surface area contributed by atoms with Gasteiger partial charge in [0.1, 0.15) is 11.8 Å². The minimum atomic E-state index is -1.02. The zero-order valence-electron chi connectivity index (χ0n) is 18.6. The molecule has 1 heterocycles. The summed E-state index contributed by atoms with van der Waals surface area (Å²) >= 11 is 6.41. The summed E-state index contributed by atoms with van der Waals surface area (Å²) in [5.74, 6) is -0.780. The summed E-state index contributed by atoms with van der Waals surface area (Å²) in [5.41, 5.74) is 3.00. The number of halogens is 1. The van der Waals surface area contributed by atoms with Crippen LogP contribution < -0.4 is 4.74 Å². The van der Waals surface area contributed by atoms with Crippen molar-refractivity contribution in [2.24, 2.45) is 0 Å². The zero-order valence-corrected chi connectivity index (χ0v) is 19.3. The summed E-state index contributed by atoms with van der Waals surface area (Å²) in [5, 5.41) is 10.4. The molecule has 6 heteroatoms. The van der Waals surface area contributed by atoms with Crippen LogP contribution >= 0.6 is 11.6 Å². The van der Waals surface area contributed by atoms with Crippen molar-refractivity contribution in [3.05, 3.63) is 88.9 Å². The Bertz CT molecular complexity index is 1160. The predicted octanol–water partition coefficient (Wildman–Crippen LogP) is 6.22. The summed E-state index contributed by atoms with van der Waals surface area (Å²) in [6, 6.07) is 21.1. The first kappa shape index (κ1) is 22.9. The van der Waals surface area contributed by atoms with Gasteiger partial charge in [-0.15, -0.1) is 0 Å². The van der Waals surface area contributed by atoms with Gasteiger partial charge in [-0.05, 0) is 62.1 Å². The number of carbonyl (C=O) groups excluding carboxylic acids is 1. The van der Waals surface area contributed by atoms with Crippen molar-refractivity contribution in [3.8, 4) is 16.9 Å². The maximum absolute atomic E-state index is 13.7. The van der Waals surface area contributed by atoms with Crippen LogP contribution in [0.4, 0.5) is 0 Å². The third-order valence-corrected chi connectivity index (χ3v) is 6.19. The lowest BCUT2D eigenvalue weighted by molar-refractivity contribution is -0.141. The molecule has 1 aliphatic rings. The Morgan fingerprint density at radius 2 is 1.70 bits per heavy atom. The maximum Gasteiger partial charge on any atom is 0.326 e. The number of amides is 1. The van der Waals surface area contributed by atoms with Crippen LogP contribution in [0.3, 0.4) is 0 Å². The van der Waals surface area contributed by atoms with Crippen LogP contribution in [0.15, 0.2) is 72.8 Å². The molecule has 2 atom stereocenters. The number of nitrogens with zero attached hydrogens (tertiary/aromatic N) is 1. The second kappa shape index (κ2) is 9.67. The SMILES string of the molecule is CC(C)Oc1cc(C(=O)N2[C@@H](c3ccccc3Cl)CC[C@H]2C(=O)O)ccc1-c1ccccc1. The smallest absolute Gasteiger partial charge is 0.326 e. The topological polar surface area (TPSA) is 66.8 Å². The fourth-order valence-electron chi connectivity index (χ4n) is 4.40. The van der Waals surface area contributed by atoms with Crippen molar-refractivity contribution in [2.45, 2.75) is 44.9 Å². The van der Waals surface area contributed by atoms with E-state index in [2.05, 4.69) is 0 Å². The van der Waals surface area contributed by atoms with Crippen molar-refractivity contribution in [3.63, 3.8) is 0 Å². The number of rotatable bonds is 6. The van der Waals surface area contributed by atoms with E-state index in [4.69, 9.17) is 16.3 Å². The number of likely N-dealkylation sites (tertiary alicyclic amines) is 1. The molecule has 0 aromatic heterocycles. The fourth-order valence-corrected chi connectivity index (χ4v) is 4.66. The maximum atomic E-state index is 13.7. The lowest BCUT2D eigenvalue weighted by Gasteiger charge is -2.29. The molecule has 1 saturated heterocycles. The normalized spacial score (nSPS) is 17.9. The van der Waals surface area contributed by atoms with E-state index >= 15 is 0 Å². The highest BCUT2D eigenvalue weighted by Crippen LogP contribution is 2.41. The number of hydrogen-bond donors (Lipinski definition) is 1. The predicted molar refractivity (Wildman–Crippen MR) is 129 cm³/mol. The molecule has 170 valence electrons. The van der Waals surface area contributed by atoms with E-state index in [1.807, 2.05) is 68.4 Å². The number of ether oxygens (including phenoxy) is 1. The Labute approximate surface area is 198 Å². The van der Waals surface area contributed by atoms with Crippen LogP contribution in [-0.2, 0) is 4.79 Å². The monoisotopic (exact) mass is 463 g/mol. The first-order valence-electron chi connectivity index (χ1n) is 11.0. The summed E-state index contributed by atoms with van der Waals surface area (Å²) in [6.07, 6.45) is 0.811. The Kier molecular flexibility index (Phi) is 6.70. The summed E-state index contributed by atoms with van der Waals surface area (Å²) < 4.78 is 6.05. The Morgan fingerprint density at radius 3 is 2.36 bits per heavy atom. The molecule has 4 rings (SSSR count). The van der Waals surface area contributed by atoms with Gasteiger partial charge in [-0.1, -0.05) is 60.1 Å². The van der Waals surface area contributed by atoms with Gasteiger partial charge in [0.25, 0.3) is 5.91 Å². The van der Waals surface area contributed by atoms with E-state index in [0.29, 0.717) is 29.2 Å². The Balaban J connectivity index is 1.75. The van der Waals surface area contributed by atoms with E-state index in [1.54, 1.807) is 18.2 Å². The lowest BCUT2D eigenvalue weighted by Crippen LogP contribution is -2.41. The minimum absolute atomic E-state index is 0.0905. The zero-order chi connectivity index (χ0) is 23.5. The number of carbonyl (C=O) groups is 2. The van der Waals surface area contributed by atoms with Crippen LogP contribution in [0.2, 0.25) is 5.02 Å². The molecule has 0 radical (unpaired) electrons. The van der Waals surface area contributed by atoms with Crippen molar-refractivity contribution >= 4 is 23.5 Å². The molecule has 5 nitrogen and oxygen atoms in total. The van der Waals surface area contributed by atoms with Crippen molar-refractivity contribution in [1.82, 2.24) is 4.90 Å². The molecular formula is C27H26ClNO4. The number of benzene rings is 3. The molecule has 0 aliphatic carbocycles. The highest BCUT2D eigenvalue weighted by Gasteiger charge is 2.42. The molecular weight excluding hydrogens is 438 g/mol. The summed E-state index contributed by atoms with van der Waals surface area (Å²) in [7, 11) is 0. The number of aliphatic carboxylic acids is 1. The van der Waals surface area contributed by atoms with Crippen LogP contribution in [0, 0.1) is 0 Å². The first-order chi connectivity index (χ1) is 15.9. The quantitative estimate of drug-likeness (QED) is 0.471. The highest BCUT2D eigenvalue weighted by atomic mass is 35.5. The highest BCUT2D eigenvalue weighted by molar-refractivity contribution is 6.31. The van der Waals surface area contributed by atoms with Gasteiger partial charge < -0.3 is 14.7 Å². The van der Waals surface area contributed by atoms with E-state index in [9.17, 15) is 14.7 Å². The molecule has 0 bridgehead atoms. The van der Waals surface area contributed by atoms with Gasteiger partial charge in [-0.3, -0.25) is 4.79 Å². The molecule has 1 aliphatic heterocycles. The van der Waals surface area contributed by atoms with Crippen LogP contribution in [0.5, 0.6) is 5.75 Å². The molecule has 1 N–H and O–H groups in total. The second-order valence-electron chi connectivity index (χ2n) is 8.42. The molecule has 0 saturated carbocycles. The van der Waals surface area contributed by atoms with Crippen molar-refractivity contribution in [1.29, 1.82) is 0 Å². The van der Waals surface area contributed by atoms with E-state index < -0.39 is 18.1 Å². The van der Waals surface area contributed by atoms with Gasteiger partial charge in [0.2, 0.25) is 0 Å². The third kappa shape index (κ3) is 4.74. The molecule has 3 aromatic rings. The number of hydrogen-bond acceptors (Lipinski definition) is 3. The number of carboxylic acid groups (broad SMARTS) is 1. The van der Waals surface area contributed by atoms with E-state index in [0.717, 1.165) is 16.7 Å². The largest absolute Gasteiger partial charge is 0.490 e. The van der Waals surface area contributed by atoms with Gasteiger partial charge in [0.05, 0.1) is 12.1 Å². The Morgan fingerprint density at radius 1 is 1.00 bits per heavy atom. The molecule has 33 heavy (non-hydrogen) atoms. The molecule has 3 aromatic carbocycles. The van der Waals surface area contributed by atoms with Gasteiger partial charge in [0.15, 0.2) is 0 Å². The van der Waals surface area contributed by atoms with E-state index in [-0.39, 0.29) is 12.0 Å². The molecule has 0 spiro atoms. The standard InChI is InChI=1S/C27H26ClNO4/c1-17(2)33-25-16-19(12-13-20(25)18-8-4-3-5-9-18)26(30)29-23(14-15-24(29)27(31)32)21-10-6-7-11-22(21)28/h3-13,16-17,23-24H,14-15H2,1-2H3,(H,31,32)/t23-,24+/m1/s1. The van der Waals surface area contributed by atoms with Crippen LogP contribution in [0.1, 0.15) is 48.7 Å². The molecule has 1 amide bonds. The minimum Gasteiger partial charge on any atom is -0.490 e. The van der Waals surface area contributed by atoms with Gasteiger partial charge in [0, 0.05) is 16.1 Å². The van der Waals surface area contributed by atoms with E-state index in [1.165, 1.54) is 4.90 Å². The second-order valence-corrected chi connectivity index (χ2v) is 8.83. The summed E-state index contributed by atoms with van der Waals surface area (Å²) in [4.78, 5) is 27.2. The van der Waals surface area contributed by atoms with Gasteiger partial charge in [-0.25, -0.2) is 4.79 Å². The van der Waals surface area contributed by atoms with Crippen molar-refractivity contribution < 1.29 is 19.4 Å². The average Bonchev–Trinajstić information content (AvgIpc) is 3.24. The first-order valence-corrected chi connectivity index (χ1v) is 11.4. The fraction of sp³-hybridized carbons (Fsp3) is 0.259. The summed E-state index contributed by atoms with van der Waals surface area (Å²) in [6.45, 7) is 3.86. The average molecular weight is 464 g/mol.